The third-order valence-corrected chi connectivity index (χ3v) is 4.02. The molecule has 0 aliphatic carbocycles. The molecule has 1 heterocycles. The molecule has 1 aliphatic heterocycles. The summed E-state index contributed by atoms with van der Waals surface area (Å²) in [6.07, 6.45) is 0.343. The van der Waals surface area contributed by atoms with E-state index in [4.69, 9.17) is 0 Å². The number of carbonyl (C=O) groups excluding carboxylic acids is 2. The van der Waals surface area contributed by atoms with Gasteiger partial charge in [-0.3, -0.25) is 9.59 Å². The van der Waals surface area contributed by atoms with Crippen LogP contribution < -0.4 is 5.32 Å². The first-order valence-electron chi connectivity index (χ1n) is 7.76. The average molecular weight is 304 g/mol. The molecule has 0 bridgehead atoms. The monoisotopic (exact) mass is 304 g/mol. The summed E-state index contributed by atoms with van der Waals surface area (Å²) in [6.45, 7) is 6.83. The summed E-state index contributed by atoms with van der Waals surface area (Å²) in [5.41, 5.74) is 1.08. The van der Waals surface area contributed by atoms with Gasteiger partial charge >= 0.3 is 0 Å². The Morgan fingerprint density at radius 1 is 1.23 bits per heavy atom. The second kappa shape index (κ2) is 6.92. The Kier molecular flexibility index (Phi) is 5.19. The quantitative estimate of drug-likeness (QED) is 0.892. The molecule has 5 nitrogen and oxygen atoms in total. The van der Waals surface area contributed by atoms with Gasteiger partial charge in [0.05, 0.1) is 6.10 Å². The van der Waals surface area contributed by atoms with Crippen molar-refractivity contribution < 1.29 is 14.7 Å². The number of piperidine rings is 1. The lowest BCUT2D eigenvalue weighted by Gasteiger charge is -2.34. The smallest absolute Gasteiger partial charge is 0.253 e. The number of hydrogen-bond acceptors (Lipinski definition) is 3. The fourth-order valence-electron chi connectivity index (χ4n) is 2.53. The van der Waals surface area contributed by atoms with Gasteiger partial charge in [0, 0.05) is 30.3 Å². The summed E-state index contributed by atoms with van der Waals surface area (Å²) in [4.78, 5) is 26.0. The summed E-state index contributed by atoms with van der Waals surface area (Å²) in [7, 11) is 0. The van der Waals surface area contributed by atoms with Gasteiger partial charge in [0.15, 0.2) is 0 Å². The van der Waals surface area contributed by atoms with E-state index in [1.807, 2.05) is 20.8 Å². The van der Waals surface area contributed by atoms with Crippen molar-refractivity contribution in [2.75, 3.05) is 13.1 Å². The topological polar surface area (TPSA) is 69.6 Å². The Labute approximate surface area is 131 Å². The number of β-amino-alcohol motifs (C(OH)–C–C–N with tert-alkyl or cyclic N) is 1. The highest BCUT2D eigenvalue weighted by atomic mass is 16.3. The van der Waals surface area contributed by atoms with Gasteiger partial charge in [-0.2, -0.15) is 0 Å². The van der Waals surface area contributed by atoms with Crippen molar-refractivity contribution in [3.05, 3.63) is 35.4 Å². The highest BCUT2D eigenvalue weighted by molar-refractivity contribution is 5.97. The molecule has 1 aromatic carbocycles. The molecule has 22 heavy (non-hydrogen) atoms. The fraction of sp³-hybridized carbons (Fsp3) is 0.529. The van der Waals surface area contributed by atoms with Crippen LogP contribution in [0.1, 0.15) is 47.9 Å². The van der Waals surface area contributed by atoms with Gasteiger partial charge in [-0.15, -0.1) is 0 Å². The largest absolute Gasteiger partial charge is 0.391 e. The standard InChI is InChI=1S/C17H24N2O3/c1-11(2)18-16(21)13-4-6-14(7-5-13)17(22)19-9-8-12(3)15(20)10-19/h4-7,11-12,15,20H,8-10H2,1-3H3,(H,18,21). The van der Waals surface area contributed by atoms with E-state index >= 15 is 0 Å². The molecule has 1 aromatic rings. The Morgan fingerprint density at radius 3 is 2.36 bits per heavy atom. The molecule has 1 saturated heterocycles. The predicted octanol–water partition coefficient (Wildman–Crippen LogP) is 1.67. The first-order valence-corrected chi connectivity index (χ1v) is 7.76. The van der Waals surface area contributed by atoms with Crippen molar-refractivity contribution in [2.45, 2.75) is 39.3 Å². The Bertz CT molecular complexity index is 539. The summed E-state index contributed by atoms with van der Waals surface area (Å²) < 4.78 is 0. The maximum atomic E-state index is 12.4. The first-order chi connectivity index (χ1) is 10.4. The summed E-state index contributed by atoms with van der Waals surface area (Å²) in [6, 6.07) is 6.73. The van der Waals surface area contributed by atoms with E-state index in [9.17, 15) is 14.7 Å². The number of aliphatic hydroxyl groups excluding tert-OH is 1. The summed E-state index contributed by atoms with van der Waals surface area (Å²) >= 11 is 0. The number of amides is 2. The van der Waals surface area contributed by atoms with Crippen LogP contribution in [0.5, 0.6) is 0 Å². The van der Waals surface area contributed by atoms with Gasteiger partial charge < -0.3 is 15.3 Å². The number of carbonyl (C=O) groups is 2. The Hall–Kier alpha value is -1.88. The maximum Gasteiger partial charge on any atom is 0.253 e. The van der Waals surface area contributed by atoms with Crippen LogP contribution in [0, 0.1) is 5.92 Å². The fourth-order valence-corrected chi connectivity index (χ4v) is 2.53. The molecule has 120 valence electrons. The summed E-state index contributed by atoms with van der Waals surface area (Å²) in [5, 5.41) is 12.7. The lowest BCUT2D eigenvalue weighted by atomic mass is 9.95. The molecule has 2 atom stereocenters. The first kappa shape index (κ1) is 16.5. The predicted molar refractivity (Wildman–Crippen MR) is 84.7 cm³/mol. The van der Waals surface area contributed by atoms with Crippen LogP contribution in [0.3, 0.4) is 0 Å². The molecule has 2 amide bonds. The third-order valence-electron chi connectivity index (χ3n) is 4.02. The molecular formula is C17H24N2O3. The van der Waals surface area contributed by atoms with Crippen LogP contribution in [0.25, 0.3) is 0 Å². The zero-order chi connectivity index (χ0) is 16.3. The SMILES string of the molecule is CC(C)NC(=O)c1ccc(C(=O)N2CCC(C)C(O)C2)cc1. The van der Waals surface area contributed by atoms with Crippen LogP contribution in [0.15, 0.2) is 24.3 Å². The minimum atomic E-state index is -0.464. The van der Waals surface area contributed by atoms with Crippen molar-refractivity contribution in [1.82, 2.24) is 10.2 Å². The van der Waals surface area contributed by atoms with Gasteiger partial charge in [-0.1, -0.05) is 6.92 Å². The van der Waals surface area contributed by atoms with E-state index in [0.717, 1.165) is 6.42 Å². The summed E-state index contributed by atoms with van der Waals surface area (Å²) in [5.74, 6) is -0.0101. The van der Waals surface area contributed by atoms with Crippen LogP contribution in [0.2, 0.25) is 0 Å². The second-order valence-electron chi connectivity index (χ2n) is 6.29. The van der Waals surface area contributed by atoms with Crippen molar-refractivity contribution in [2.24, 2.45) is 5.92 Å². The van der Waals surface area contributed by atoms with Gasteiger partial charge in [0.25, 0.3) is 11.8 Å². The van der Waals surface area contributed by atoms with E-state index in [0.29, 0.717) is 24.2 Å². The molecule has 0 saturated carbocycles. The molecule has 1 aliphatic rings. The highest BCUT2D eigenvalue weighted by Crippen LogP contribution is 2.19. The molecule has 2 unspecified atom stereocenters. The van der Waals surface area contributed by atoms with Gasteiger partial charge in [-0.25, -0.2) is 0 Å². The van der Waals surface area contributed by atoms with Crippen LogP contribution in [0.4, 0.5) is 0 Å². The van der Waals surface area contributed by atoms with Crippen LogP contribution in [-0.2, 0) is 0 Å². The van der Waals surface area contributed by atoms with E-state index in [-0.39, 0.29) is 23.8 Å². The number of benzene rings is 1. The number of nitrogens with zero attached hydrogens (tertiary/aromatic N) is 1. The minimum Gasteiger partial charge on any atom is -0.391 e. The zero-order valence-electron chi connectivity index (χ0n) is 13.4. The lowest BCUT2D eigenvalue weighted by molar-refractivity contribution is 0.0248. The Balaban J connectivity index is 2.04. The van der Waals surface area contributed by atoms with Crippen molar-refractivity contribution in [1.29, 1.82) is 0 Å². The number of aliphatic hydroxyl groups is 1. The highest BCUT2D eigenvalue weighted by Gasteiger charge is 2.27. The van der Waals surface area contributed by atoms with Gasteiger partial charge in [-0.05, 0) is 50.5 Å². The normalized spacial score (nSPS) is 21.8. The molecule has 0 spiro atoms. The minimum absolute atomic E-state index is 0.0747. The van der Waals surface area contributed by atoms with Crippen LogP contribution >= 0.6 is 0 Å². The number of nitrogens with one attached hydrogen (secondary N) is 1. The number of rotatable bonds is 3. The molecule has 5 heteroatoms. The van der Waals surface area contributed by atoms with E-state index < -0.39 is 6.10 Å². The molecule has 2 N–H and O–H groups in total. The lowest BCUT2D eigenvalue weighted by Crippen LogP contribution is -2.45. The molecule has 2 rings (SSSR count). The molecule has 1 fully saturated rings. The maximum absolute atomic E-state index is 12.4. The third kappa shape index (κ3) is 3.85. The zero-order valence-corrected chi connectivity index (χ0v) is 13.4. The van der Waals surface area contributed by atoms with Crippen molar-refractivity contribution >= 4 is 11.8 Å². The van der Waals surface area contributed by atoms with E-state index in [1.54, 1.807) is 29.2 Å². The van der Waals surface area contributed by atoms with Crippen LogP contribution in [-0.4, -0.2) is 47.1 Å². The van der Waals surface area contributed by atoms with Crippen molar-refractivity contribution in [3.8, 4) is 0 Å². The number of likely N-dealkylation sites (tertiary alicyclic amines) is 1. The number of hydrogen-bond donors (Lipinski definition) is 2. The molecule has 0 radical (unpaired) electrons. The van der Waals surface area contributed by atoms with E-state index in [1.165, 1.54) is 0 Å². The Morgan fingerprint density at radius 2 is 1.82 bits per heavy atom. The average Bonchev–Trinajstić information content (AvgIpc) is 2.49. The van der Waals surface area contributed by atoms with E-state index in [2.05, 4.69) is 5.32 Å². The molecular weight excluding hydrogens is 280 g/mol. The molecule has 0 aromatic heterocycles. The second-order valence-corrected chi connectivity index (χ2v) is 6.29. The van der Waals surface area contributed by atoms with Crippen molar-refractivity contribution in [3.63, 3.8) is 0 Å². The van der Waals surface area contributed by atoms with Gasteiger partial charge in [0.2, 0.25) is 0 Å². The van der Waals surface area contributed by atoms with Gasteiger partial charge in [0.1, 0.15) is 0 Å².